The number of rotatable bonds is 9. The second-order valence-electron chi connectivity index (χ2n) is 8.71. The summed E-state index contributed by atoms with van der Waals surface area (Å²) < 4.78 is 45.7. The molecule has 0 aromatic heterocycles. The summed E-state index contributed by atoms with van der Waals surface area (Å²) in [4.78, 5) is 26.4. The second kappa shape index (κ2) is 12.1. The van der Waals surface area contributed by atoms with Crippen LogP contribution >= 0.6 is 11.6 Å². The van der Waals surface area contributed by atoms with E-state index in [0.717, 1.165) is 0 Å². The van der Waals surface area contributed by atoms with Gasteiger partial charge >= 0.3 is 6.18 Å². The Morgan fingerprint density at radius 2 is 1.41 bits per heavy atom. The molecule has 4 aromatic rings. The van der Waals surface area contributed by atoms with Crippen LogP contribution in [0.25, 0.3) is 0 Å². The van der Waals surface area contributed by atoms with Gasteiger partial charge < -0.3 is 14.7 Å². The van der Waals surface area contributed by atoms with Crippen molar-refractivity contribution < 1.29 is 32.6 Å². The SMILES string of the molecule is O=C(c1ccc(CN(CC(F)(F)F)C(=O)c2ccc(Oc3ccccc3Cl)cc2)cc1)C(O)c1ccccc1. The maximum absolute atomic E-state index is 13.3. The van der Waals surface area contributed by atoms with E-state index in [-0.39, 0.29) is 17.7 Å². The molecule has 0 fully saturated rings. The molecule has 1 atom stereocenters. The quantitative estimate of drug-likeness (QED) is 0.222. The van der Waals surface area contributed by atoms with Crippen LogP contribution in [0.3, 0.4) is 0 Å². The van der Waals surface area contributed by atoms with E-state index < -0.39 is 30.5 Å². The highest BCUT2D eigenvalue weighted by atomic mass is 35.5. The normalized spacial score (nSPS) is 12.0. The molecule has 0 saturated carbocycles. The highest BCUT2D eigenvalue weighted by Crippen LogP contribution is 2.29. The Morgan fingerprint density at radius 3 is 2.03 bits per heavy atom. The number of aliphatic hydroxyl groups is 1. The van der Waals surface area contributed by atoms with Crippen LogP contribution in [-0.2, 0) is 6.54 Å². The highest BCUT2D eigenvalue weighted by molar-refractivity contribution is 6.32. The van der Waals surface area contributed by atoms with E-state index in [4.69, 9.17) is 16.3 Å². The minimum absolute atomic E-state index is 0.0449. The Labute approximate surface area is 228 Å². The van der Waals surface area contributed by atoms with Crippen LogP contribution in [0.1, 0.15) is 37.9 Å². The topological polar surface area (TPSA) is 66.8 Å². The molecule has 0 aliphatic heterocycles. The summed E-state index contributed by atoms with van der Waals surface area (Å²) in [5.41, 5.74) is 1.05. The van der Waals surface area contributed by atoms with Crippen molar-refractivity contribution in [3.63, 3.8) is 0 Å². The Morgan fingerprint density at radius 1 is 0.821 bits per heavy atom. The number of ether oxygens (including phenoxy) is 1. The number of amides is 1. The number of alkyl halides is 3. The van der Waals surface area contributed by atoms with E-state index >= 15 is 0 Å². The van der Waals surface area contributed by atoms with Crippen LogP contribution in [0, 0.1) is 0 Å². The molecule has 39 heavy (non-hydrogen) atoms. The molecule has 5 nitrogen and oxygen atoms in total. The molecular weight excluding hydrogens is 531 g/mol. The third-order valence-electron chi connectivity index (χ3n) is 5.80. The van der Waals surface area contributed by atoms with Crippen molar-refractivity contribution >= 4 is 23.3 Å². The van der Waals surface area contributed by atoms with Gasteiger partial charge in [-0.25, -0.2) is 0 Å². The smallest absolute Gasteiger partial charge is 0.406 e. The van der Waals surface area contributed by atoms with Crippen LogP contribution in [0.4, 0.5) is 13.2 Å². The van der Waals surface area contributed by atoms with Gasteiger partial charge in [-0.2, -0.15) is 13.2 Å². The second-order valence-corrected chi connectivity index (χ2v) is 9.11. The molecule has 0 radical (unpaired) electrons. The molecular formula is C30H23ClF3NO4. The van der Waals surface area contributed by atoms with Crippen molar-refractivity contribution in [1.82, 2.24) is 4.90 Å². The molecule has 200 valence electrons. The van der Waals surface area contributed by atoms with Crippen molar-refractivity contribution in [2.24, 2.45) is 0 Å². The van der Waals surface area contributed by atoms with Gasteiger partial charge in [-0.05, 0) is 47.5 Å². The van der Waals surface area contributed by atoms with Gasteiger partial charge in [0.05, 0.1) is 5.02 Å². The molecule has 1 N–H and O–H groups in total. The first-order chi connectivity index (χ1) is 18.6. The number of hydrogen-bond donors (Lipinski definition) is 1. The number of hydrogen-bond acceptors (Lipinski definition) is 4. The molecule has 0 aliphatic rings. The van der Waals surface area contributed by atoms with E-state index in [1.165, 1.54) is 48.5 Å². The lowest BCUT2D eigenvalue weighted by atomic mass is 9.99. The van der Waals surface area contributed by atoms with Crippen molar-refractivity contribution in [1.29, 1.82) is 0 Å². The summed E-state index contributed by atoms with van der Waals surface area (Å²) in [6.07, 6.45) is -6.00. The molecule has 0 spiro atoms. The van der Waals surface area contributed by atoms with E-state index in [9.17, 15) is 27.9 Å². The number of nitrogens with zero attached hydrogens (tertiary/aromatic N) is 1. The summed E-state index contributed by atoms with van der Waals surface area (Å²) in [5, 5.41) is 10.7. The number of halogens is 4. The first-order valence-electron chi connectivity index (χ1n) is 11.9. The fourth-order valence-electron chi connectivity index (χ4n) is 3.86. The molecule has 0 aliphatic carbocycles. The number of Topliss-reactive ketones (excluding diaryl/α,β-unsaturated/α-hetero) is 1. The fraction of sp³-hybridized carbons (Fsp3) is 0.133. The molecule has 1 unspecified atom stereocenters. The van der Waals surface area contributed by atoms with E-state index in [0.29, 0.717) is 32.5 Å². The zero-order chi connectivity index (χ0) is 28.0. The molecule has 1 amide bonds. The van der Waals surface area contributed by atoms with Gasteiger partial charge in [0.2, 0.25) is 0 Å². The third-order valence-corrected chi connectivity index (χ3v) is 6.11. The Kier molecular flexibility index (Phi) is 8.69. The first-order valence-corrected chi connectivity index (χ1v) is 12.2. The Balaban J connectivity index is 1.48. The largest absolute Gasteiger partial charge is 0.456 e. The molecule has 0 heterocycles. The minimum atomic E-state index is -4.63. The molecule has 4 rings (SSSR count). The van der Waals surface area contributed by atoms with E-state index in [2.05, 4.69) is 0 Å². The lowest BCUT2D eigenvalue weighted by Crippen LogP contribution is -2.38. The number of carbonyl (C=O) groups excluding carboxylic acids is 2. The van der Waals surface area contributed by atoms with Crippen LogP contribution in [0.15, 0.2) is 103 Å². The summed E-state index contributed by atoms with van der Waals surface area (Å²) in [6.45, 7) is -1.80. The zero-order valence-electron chi connectivity index (χ0n) is 20.4. The number of ketones is 1. The molecule has 0 bridgehead atoms. The standard InChI is InChI=1S/C30H23ClF3NO4/c31-25-8-4-5-9-26(25)39-24-16-14-23(15-17-24)29(38)35(19-30(32,33)34)18-20-10-12-22(13-11-20)28(37)27(36)21-6-2-1-3-7-21/h1-17,27,36H,18-19H2. The third kappa shape index (κ3) is 7.46. The zero-order valence-corrected chi connectivity index (χ0v) is 21.2. The van der Waals surface area contributed by atoms with Gasteiger partial charge in [0.25, 0.3) is 5.91 Å². The molecule has 9 heteroatoms. The summed E-state index contributed by atoms with van der Waals surface area (Å²) >= 11 is 6.08. The lowest BCUT2D eigenvalue weighted by molar-refractivity contribution is -0.141. The maximum atomic E-state index is 13.3. The lowest BCUT2D eigenvalue weighted by Gasteiger charge is -2.24. The maximum Gasteiger partial charge on any atom is 0.406 e. The predicted molar refractivity (Wildman–Crippen MR) is 141 cm³/mol. The van der Waals surface area contributed by atoms with Crippen LogP contribution < -0.4 is 4.74 Å². The molecule has 4 aromatic carbocycles. The van der Waals surface area contributed by atoms with Gasteiger partial charge in [0.1, 0.15) is 24.1 Å². The number of benzene rings is 4. The van der Waals surface area contributed by atoms with Crippen LogP contribution in [0.2, 0.25) is 5.02 Å². The first kappa shape index (κ1) is 27.9. The minimum Gasteiger partial charge on any atom is -0.456 e. The van der Waals surface area contributed by atoms with Crippen LogP contribution in [0.5, 0.6) is 11.5 Å². The highest BCUT2D eigenvalue weighted by Gasteiger charge is 2.33. The number of para-hydroxylation sites is 1. The van der Waals surface area contributed by atoms with Crippen molar-refractivity contribution in [3.05, 3.63) is 130 Å². The number of aliphatic hydroxyl groups excluding tert-OH is 1. The Hall–Kier alpha value is -4.14. The Bertz CT molecular complexity index is 1430. The van der Waals surface area contributed by atoms with Crippen molar-refractivity contribution in [2.75, 3.05) is 6.54 Å². The van der Waals surface area contributed by atoms with Gasteiger partial charge in [-0.3, -0.25) is 9.59 Å². The predicted octanol–water partition coefficient (Wildman–Crippen LogP) is 7.25. The van der Waals surface area contributed by atoms with Gasteiger partial charge in [0.15, 0.2) is 5.78 Å². The van der Waals surface area contributed by atoms with Gasteiger partial charge in [0, 0.05) is 17.7 Å². The van der Waals surface area contributed by atoms with Gasteiger partial charge in [-0.1, -0.05) is 78.3 Å². The van der Waals surface area contributed by atoms with E-state index in [1.807, 2.05) is 0 Å². The summed E-state index contributed by atoms with van der Waals surface area (Å²) in [6, 6.07) is 26.6. The van der Waals surface area contributed by atoms with Crippen molar-refractivity contribution in [2.45, 2.75) is 18.8 Å². The molecule has 0 saturated heterocycles. The monoisotopic (exact) mass is 553 g/mol. The van der Waals surface area contributed by atoms with Crippen LogP contribution in [-0.4, -0.2) is 34.4 Å². The average molecular weight is 554 g/mol. The van der Waals surface area contributed by atoms with Gasteiger partial charge in [-0.15, -0.1) is 0 Å². The summed E-state index contributed by atoms with van der Waals surface area (Å²) in [7, 11) is 0. The average Bonchev–Trinajstić information content (AvgIpc) is 2.93. The number of carbonyl (C=O) groups is 2. The fourth-order valence-corrected chi connectivity index (χ4v) is 4.03. The van der Waals surface area contributed by atoms with Crippen molar-refractivity contribution in [3.8, 4) is 11.5 Å². The van der Waals surface area contributed by atoms with E-state index in [1.54, 1.807) is 54.6 Å². The summed E-state index contributed by atoms with van der Waals surface area (Å²) in [5.74, 6) is -0.610.